The van der Waals surface area contributed by atoms with Gasteiger partial charge < -0.3 is 15.8 Å². The lowest BCUT2D eigenvalue weighted by Crippen LogP contribution is -2.24. The number of benzene rings is 1. The average Bonchev–Trinajstić information content (AvgIpc) is 2.33. The van der Waals surface area contributed by atoms with E-state index < -0.39 is 0 Å². The van der Waals surface area contributed by atoms with Crippen LogP contribution in [0.2, 0.25) is 0 Å². The van der Waals surface area contributed by atoms with Crippen LogP contribution >= 0.6 is 0 Å². The Balaban J connectivity index is 2.11. The van der Waals surface area contributed by atoms with E-state index in [0.717, 1.165) is 18.4 Å². The van der Waals surface area contributed by atoms with Gasteiger partial charge in [-0.3, -0.25) is 0 Å². The predicted octanol–water partition coefficient (Wildman–Crippen LogP) is 1.65. The van der Waals surface area contributed by atoms with Gasteiger partial charge in [0.2, 0.25) is 0 Å². The fourth-order valence-corrected chi connectivity index (χ4v) is 1.23. The number of nitrogens with one attached hydrogen (secondary N) is 1. The fourth-order valence-electron chi connectivity index (χ4n) is 1.23. The minimum Gasteiger partial charge on any atom is -0.450 e. The molecule has 16 heavy (non-hydrogen) atoms. The molecular weight excluding hydrogens is 204 g/mol. The molecule has 0 fully saturated rings. The lowest BCUT2D eigenvalue weighted by molar-refractivity contribution is 0.144. The first-order chi connectivity index (χ1) is 7.83. The molecule has 0 aromatic heterocycles. The number of rotatable bonds is 6. The van der Waals surface area contributed by atoms with Crippen molar-refractivity contribution in [2.45, 2.75) is 19.4 Å². The molecule has 4 nitrogen and oxygen atoms in total. The van der Waals surface area contributed by atoms with E-state index in [0.29, 0.717) is 19.7 Å². The molecular formula is C12H18N2O2. The summed E-state index contributed by atoms with van der Waals surface area (Å²) in [5.74, 6) is 0. The summed E-state index contributed by atoms with van der Waals surface area (Å²) in [7, 11) is 0. The van der Waals surface area contributed by atoms with Crippen molar-refractivity contribution in [1.29, 1.82) is 0 Å². The highest BCUT2D eigenvalue weighted by Gasteiger charge is 2.00. The maximum Gasteiger partial charge on any atom is 0.407 e. The van der Waals surface area contributed by atoms with Gasteiger partial charge in [-0.05, 0) is 24.9 Å². The Bertz CT molecular complexity index is 301. The van der Waals surface area contributed by atoms with Crippen LogP contribution in [0.1, 0.15) is 18.4 Å². The van der Waals surface area contributed by atoms with E-state index >= 15 is 0 Å². The highest BCUT2D eigenvalue weighted by Crippen LogP contribution is 1.97. The third-order valence-electron chi connectivity index (χ3n) is 2.11. The molecule has 1 rings (SSSR count). The molecule has 0 heterocycles. The van der Waals surface area contributed by atoms with Gasteiger partial charge in [-0.15, -0.1) is 0 Å². The van der Waals surface area contributed by atoms with Gasteiger partial charge in [0.05, 0.1) is 6.61 Å². The van der Waals surface area contributed by atoms with E-state index in [1.54, 1.807) is 0 Å². The monoisotopic (exact) mass is 222 g/mol. The summed E-state index contributed by atoms with van der Waals surface area (Å²) in [6, 6.07) is 9.71. The van der Waals surface area contributed by atoms with Crippen molar-refractivity contribution < 1.29 is 9.53 Å². The molecule has 0 atom stereocenters. The van der Waals surface area contributed by atoms with E-state index in [-0.39, 0.29) is 6.09 Å². The molecule has 0 radical (unpaired) electrons. The molecule has 4 heteroatoms. The zero-order valence-electron chi connectivity index (χ0n) is 9.32. The summed E-state index contributed by atoms with van der Waals surface area (Å²) in [6.07, 6.45) is 1.32. The van der Waals surface area contributed by atoms with Crippen LogP contribution in [0.15, 0.2) is 30.3 Å². The Morgan fingerprint density at radius 3 is 2.69 bits per heavy atom. The minimum atomic E-state index is -0.374. The van der Waals surface area contributed by atoms with Crippen molar-refractivity contribution in [3.63, 3.8) is 0 Å². The normalized spacial score (nSPS) is 9.81. The summed E-state index contributed by atoms with van der Waals surface area (Å²) in [6.45, 7) is 1.56. The molecule has 0 aliphatic carbocycles. The number of hydrogen-bond acceptors (Lipinski definition) is 3. The third-order valence-corrected chi connectivity index (χ3v) is 2.11. The molecule has 0 aliphatic rings. The number of carbonyl (C=O) groups is 1. The second kappa shape index (κ2) is 7.70. The molecule has 3 N–H and O–H groups in total. The smallest absolute Gasteiger partial charge is 0.407 e. The molecule has 88 valence electrons. The SMILES string of the molecule is NCCCCOC(=O)NCc1ccccc1. The van der Waals surface area contributed by atoms with Crippen molar-refractivity contribution in [2.24, 2.45) is 5.73 Å². The predicted molar refractivity (Wildman–Crippen MR) is 62.9 cm³/mol. The van der Waals surface area contributed by atoms with Gasteiger partial charge in [-0.25, -0.2) is 4.79 Å². The maximum atomic E-state index is 11.2. The second-order valence-corrected chi connectivity index (χ2v) is 3.47. The van der Waals surface area contributed by atoms with Gasteiger partial charge >= 0.3 is 6.09 Å². The highest BCUT2D eigenvalue weighted by molar-refractivity contribution is 5.67. The number of carbonyl (C=O) groups excluding carboxylic acids is 1. The van der Waals surface area contributed by atoms with Crippen molar-refractivity contribution in [3.05, 3.63) is 35.9 Å². The molecule has 0 spiro atoms. The number of unbranched alkanes of at least 4 members (excludes halogenated alkanes) is 1. The zero-order valence-corrected chi connectivity index (χ0v) is 9.32. The second-order valence-electron chi connectivity index (χ2n) is 3.47. The summed E-state index contributed by atoms with van der Waals surface area (Å²) >= 11 is 0. The minimum absolute atomic E-state index is 0.374. The summed E-state index contributed by atoms with van der Waals surface area (Å²) < 4.78 is 4.96. The van der Waals surface area contributed by atoms with Crippen LogP contribution in [0.3, 0.4) is 0 Å². The van der Waals surface area contributed by atoms with Gasteiger partial charge in [-0.2, -0.15) is 0 Å². The van der Waals surface area contributed by atoms with Gasteiger partial charge in [-0.1, -0.05) is 30.3 Å². The van der Waals surface area contributed by atoms with E-state index in [4.69, 9.17) is 10.5 Å². The molecule has 1 aromatic carbocycles. The summed E-state index contributed by atoms with van der Waals surface area (Å²) in [4.78, 5) is 11.2. The molecule has 1 amide bonds. The Hall–Kier alpha value is -1.55. The first kappa shape index (κ1) is 12.5. The number of hydrogen-bond donors (Lipinski definition) is 2. The molecule has 0 bridgehead atoms. The fraction of sp³-hybridized carbons (Fsp3) is 0.417. The van der Waals surface area contributed by atoms with Crippen LogP contribution in [0.25, 0.3) is 0 Å². The van der Waals surface area contributed by atoms with Crippen LogP contribution in [0.5, 0.6) is 0 Å². The van der Waals surface area contributed by atoms with Crippen LogP contribution in [-0.2, 0) is 11.3 Å². The van der Waals surface area contributed by atoms with Gasteiger partial charge in [0.25, 0.3) is 0 Å². The molecule has 0 unspecified atom stereocenters. The molecule has 1 aromatic rings. The molecule has 0 saturated heterocycles. The van der Waals surface area contributed by atoms with E-state index in [2.05, 4.69) is 5.32 Å². The number of nitrogens with two attached hydrogens (primary N) is 1. The van der Waals surface area contributed by atoms with Crippen LogP contribution in [-0.4, -0.2) is 19.2 Å². The lowest BCUT2D eigenvalue weighted by atomic mass is 10.2. The quantitative estimate of drug-likeness (QED) is 0.719. The lowest BCUT2D eigenvalue weighted by Gasteiger charge is -2.06. The number of ether oxygens (including phenoxy) is 1. The molecule has 0 saturated carbocycles. The Kier molecular flexibility index (Phi) is 6.03. The maximum absolute atomic E-state index is 11.2. The largest absolute Gasteiger partial charge is 0.450 e. The number of alkyl carbamates (subject to hydrolysis) is 1. The van der Waals surface area contributed by atoms with E-state index in [9.17, 15) is 4.79 Å². The molecule has 0 aliphatic heterocycles. The third kappa shape index (κ3) is 5.36. The van der Waals surface area contributed by atoms with E-state index in [1.807, 2.05) is 30.3 Å². The Labute approximate surface area is 95.8 Å². The van der Waals surface area contributed by atoms with Crippen LogP contribution in [0.4, 0.5) is 4.79 Å². The van der Waals surface area contributed by atoms with Crippen molar-refractivity contribution in [3.8, 4) is 0 Å². The van der Waals surface area contributed by atoms with Crippen LogP contribution in [0, 0.1) is 0 Å². The Morgan fingerprint density at radius 1 is 1.25 bits per heavy atom. The van der Waals surface area contributed by atoms with Crippen molar-refractivity contribution in [2.75, 3.05) is 13.2 Å². The topological polar surface area (TPSA) is 64.3 Å². The first-order valence-electron chi connectivity index (χ1n) is 5.47. The summed E-state index contributed by atoms with van der Waals surface area (Å²) in [5.41, 5.74) is 6.38. The van der Waals surface area contributed by atoms with Crippen molar-refractivity contribution in [1.82, 2.24) is 5.32 Å². The van der Waals surface area contributed by atoms with Gasteiger partial charge in [0.15, 0.2) is 0 Å². The standard InChI is InChI=1S/C12H18N2O2/c13-8-4-5-9-16-12(15)14-10-11-6-2-1-3-7-11/h1-3,6-7H,4-5,8-10,13H2,(H,14,15). The van der Waals surface area contributed by atoms with Gasteiger partial charge in [0.1, 0.15) is 0 Å². The van der Waals surface area contributed by atoms with Crippen molar-refractivity contribution >= 4 is 6.09 Å². The van der Waals surface area contributed by atoms with Crippen LogP contribution < -0.4 is 11.1 Å². The first-order valence-corrected chi connectivity index (χ1v) is 5.47. The highest BCUT2D eigenvalue weighted by atomic mass is 16.5. The average molecular weight is 222 g/mol. The number of amides is 1. The Morgan fingerprint density at radius 2 is 2.00 bits per heavy atom. The summed E-state index contributed by atoms with van der Waals surface area (Å²) in [5, 5.41) is 2.68. The zero-order chi connectivity index (χ0) is 11.6. The van der Waals surface area contributed by atoms with Gasteiger partial charge in [0, 0.05) is 6.54 Å². The van der Waals surface area contributed by atoms with E-state index in [1.165, 1.54) is 0 Å².